The fraction of sp³-hybridized carbons (Fsp3) is 0.0952. The maximum atomic E-state index is 12.5. The van der Waals surface area contributed by atoms with Gasteiger partial charge in [0.15, 0.2) is 0 Å². The van der Waals surface area contributed by atoms with Gasteiger partial charge in [0.25, 0.3) is 5.91 Å². The molecule has 0 saturated heterocycles. The van der Waals surface area contributed by atoms with Crippen molar-refractivity contribution in [2.24, 2.45) is 0 Å². The van der Waals surface area contributed by atoms with Crippen molar-refractivity contribution < 1.29 is 9.59 Å². The van der Waals surface area contributed by atoms with Crippen LogP contribution in [0.3, 0.4) is 0 Å². The van der Waals surface area contributed by atoms with E-state index in [2.05, 4.69) is 20.9 Å². The van der Waals surface area contributed by atoms with Crippen molar-refractivity contribution in [3.05, 3.63) is 78.0 Å². The highest BCUT2D eigenvalue weighted by Gasteiger charge is 2.08. The van der Waals surface area contributed by atoms with E-state index >= 15 is 0 Å². The fourth-order valence-corrected chi connectivity index (χ4v) is 2.53. The number of nitrogens with zero attached hydrogens (tertiary/aromatic N) is 1. The van der Waals surface area contributed by atoms with Crippen LogP contribution in [0.15, 0.2) is 66.9 Å². The van der Waals surface area contributed by atoms with Gasteiger partial charge in [-0.1, -0.05) is 18.2 Å². The first kappa shape index (κ1) is 18.1. The van der Waals surface area contributed by atoms with Crippen LogP contribution in [0, 0.1) is 6.92 Å². The molecular weight excluding hydrogens is 340 g/mol. The van der Waals surface area contributed by atoms with Crippen LogP contribution in [0.4, 0.5) is 22.9 Å². The zero-order valence-electron chi connectivity index (χ0n) is 15.1. The Labute approximate surface area is 157 Å². The SMILES string of the molecule is CC(=O)Nc1ccc(NC(=O)c2ccnc(Nc3ccccc3C)c2)cc1. The minimum Gasteiger partial charge on any atom is -0.340 e. The van der Waals surface area contributed by atoms with Crippen molar-refractivity contribution in [3.63, 3.8) is 0 Å². The highest BCUT2D eigenvalue weighted by Crippen LogP contribution is 2.20. The second-order valence-corrected chi connectivity index (χ2v) is 6.08. The Bertz CT molecular complexity index is 968. The Balaban J connectivity index is 1.70. The normalized spacial score (nSPS) is 10.1. The number of benzene rings is 2. The predicted molar refractivity (Wildman–Crippen MR) is 107 cm³/mol. The number of rotatable bonds is 5. The summed E-state index contributed by atoms with van der Waals surface area (Å²) in [5, 5.41) is 8.74. The van der Waals surface area contributed by atoms with Gasteiger partial charge < -0.3 is 16.0 Å². The zero-order chi connectivity index (χ0) is 19.2. The third kappa shape index (κ3) is 4.92. The molecule has 2 aromatic carbocycles. The Morgan fingerprint density at radius 2 is 1.56 bits per heavy atom. The van der Waals surface area contributed by atoms with E-state index in [4.69, 9.17) is 0 Å². The first-order valence-electron chi connectivity index (χ1n) is 8.49. The first-order valence-corrected chi connectivity index (χ1v) is 8.49. The van der Waals surface area contributed by atoms with Gasteiger partial charge in [-0.15, -0.1) is 0 Å². The molecule has 0 aliphatic carbocycles. The van der Waals surface area contributed by atoms with E-state index in [0.717, 1.165) is 11.3 Å². The van der Waals surface area contributed by atoms with Gasteiger partial charge in [-0.05, 0) is 55.0 Å². The Hall–Kier alpha value is -3.67. The molecule has 2 amide bonds. The van der Waals surface area contributed by atoms with Gasteiger partial charge in [0.05, 0.1) is 0 Å². The topological polar surface area (TPSA) is 83.1 Å². The smallest absolute Gasteiger partial charge is 0.255 e. The van der Waals surface area contributed by atoms with Crippen LogP contribution in [0.5, 0.6) is 0 Å². The molecule has 0 unspecified atom stereocenters. The van der Waals surface area contributed by atoms with Crippen molar-refractivity contribution >= 4 is 34.7 Å². The summed E-state index contributed by atoms with van der Waals surface area (Å²) < 4.78 is 0. The van der Waals surface area contributed by atoms with Crippen molar-refractivity contribution in [2.45, 2.75) is 13.8 Å². The number of hydrogen-bond donors (Lipinski definition) is 3. The Kier molecular flexibility index (Phi) is 5.47. The second-order valence-electron chi connectivity index (χ2n) is 6.08. The van der Waals surface area contributed by atoms with E-state index in [0.29, 0.717) is 22.8 Å². The first-order chi connectivity index (χ1) is 13.0. The van der Waals surface area contributed by atoms with E-state index in [-0.39, 0.29) is 11.8 Å². The van der Waals surface area contributed by atoms with Crippen LogP contribution in [0.2, 0.25) is 0 Å². The van der Waals surface area contributed by atoms with Gasteiger partial charge in [-0.3, -0.25) is 9.59 Å². The minimum atomic E-state index is -0.238. The molecule has 0 saturated carbocycles. The van der Waals surface area contributed by atoms with Gasteiger partial charge in [0.1, 0.15) is 5.82 Å². The minimum absolute atomic E-state index is 0.141. The van der Waals surface area contributed by atoms with Crippen molar-refractivity contribution in [1.29, 1.82) is 0 Å². The maximum absolute atomic E-state index is 12.5. The van der Waals surface area contributed by atoms with Crippen LogP contribution < -0.4 is 16.0 Å². The number of anilines is 4. The van der Waals surface area contributed by atoms with E-state index in [1.54, 1.807) is 42.6 Å². The monoisotopic (exact) mass is 360 g/mol. The highest BCUT2D eigenvalue weighted by molar-refractivity contribution is 6.04. The van der Waals surface area contributed by atoms with Crippen LogP contribution in [-0.2, 0) is 4.79 Å². The average Bonchev–Trinajstić information content (AvgIpc) is 2.65. The zero-order valence-corrected chi connectivity index (χ0v) is 15.1. The predicted octanol–water partition coefficient (Wildman–Crippen LogP) is 4.34. The van der Waals surface area contributed by atoms with Crippen LogP contribution >= 0.6 is 0 Å². The van der Waals surface area contributed by atoms with Gasteiger partial charge >= 0.3 is 0 Å². The van der Waals surface area contributed by atoms with Gasteiger partial charge in [-0.2, -0.15) is 0 Å². The molecule has 27 heavy (non-hydrogen) atoms. The fourth-order valence-electron chi connectivity index (χ4n) is 2.53. The molecular formula is C21H20N4O2. The third-order valence-corrected chi connectivity index (χ3v) is 3.89. The molecule has 0 aliphatic rings. The number of carbonyl (C=O) groups excluding carboxylic acids is 2. The lowest BCUT2D eigenvalue weighted by atomic mass is 10.2. The maximum Gasteiger partial charge on any atom is 0.255 e. The summed E-state index contributed by atoms with van der Waals surface area (Å²) in [6.45, 7) is 3.45. The van der Waals surface area contributed by atoms with Crippen molar-refractivity contribution in [1.82, 2.24) is 4.98 Å². The summed E-state index contributed by atoms with van der Waals surface area (Å²) in [5.74, 6) is 0.215. The largest absolute Gasteiger partial charge is 0.340 e. The molecule has 1 aromatic heterocycles. The molecule has 0 bridgehead atoms. The van der Waals surface area contributed by atoms with Gasteiger partial charge in [-0.25, -0.2) is 4.98 Å². The lowest BCUT2D eigenvalue weighted by Crippen LogP contribution is -2.12. The number of aryl methyl sites for hydroxylation is 1. The number of carbonyl (C=O) groups is 2. The van der Waals surface area contributed by atoms with Crippen LogP contribution in [-0.4, -0.2) is 16.8 Å². The quantitative estimate of drug-likeness (QED) is 0.632. The molecule has 6 heteroatoms. The molecule has 3 rings (SSSR count). The third-order valence-electron chi connectivity index (χ3n) is 3.89. The number of aromatic nitrogens is 1. The molecule has 0 atom stereocenters. The van der Waals surface area contributed by atoms with Crippen LogP contribution in [0.1, 0.15) is 22.8 Å². The van der Waals surface area contributed by atoms with Gasteiger partial charge in [0, 0.05) is 35.7 Å². The number of pyridine rings is 1. The Morgan fingerprint density at radius 1 is 0.889 bits per heavy atom. The molecule has 0 aliphatic heterocycles. The van der Waals surface area contributed by atoms with E-state index in [1.807, 2.05) is 31.2 Å². The Morgan fingerprint density at radius 3 is 2.22 bits per heavy atom. The lowest BCUT2D eigenvalue weighted by Gasteiger charge is -2.10. The number of nitrogens with one attached hydrogen (secondary N) is 3. The van der Waals surface area contributed by atoms with E-state index in [1.165, 1.54) is 6.92 Å². The van der Waals surface area contributed by atoms with E-state index < -0.39 is 0 Å². The summed E-state index contributed by atoms with van der Waals surface area (Å²) in [4.78, 5) is 27.8. The number of para-hydroxylation sites is 1. The highest BCUT2D eigenvalue weighted by atomic mass is 16.2. The van der Waals surface area contributed by atoms with Crippen molar-refractivity contribution in [2.75, 3.05) is 16.0 Å². The second kappa shape index (κ2) is 8.14. The molecule has 0 spiro atoms. The average molecular weight is 360 g/mol. The summed E-state index contributed by atoms with van der Waals surface area (Å²) >= 11 is 0. The van der Waals surface area contributed by atoms with Crippen LogP contribution in [0.25, 0.3) is 0 Å². The molecule has 6 nitrogen and oxygen atoms in total. The van der Waals surface area contributed by atoms with Crippen molar-refractivity contribution in [3.8, 4) is 0 Å². The molecule has 3 aromatic rings. The molecule has 0 fully saturated rings. The van der Waals surface area contributed by atoms with Gasteiger partial charge in [0.2, 0.25) is 5.91 Å². The molecule has 136 valence electrons. The summed E-state index contributed by atoms with van der Waals surface area (Å²) in [6.07, 6.45) is 1.59. The van der Waals surface area contributed by atoms with E-state index in [9.17, 15) is 9.59 Å². The molecule has 3 N–H and O–H groups in total. The number of amides is 2. The number of hydrogen-bond acceptors (Lipinski definition) is 4. The summed E-state index contributed by atoms with van der Waals surface area (Å²) in [6, 6.07) is 18.2. The standard InChI is InChI=1S/C21H20N4O2/c1-14-5-3-4-6-19(14)25-20-13-16(11-12-22-20)21(27)24-18-9-7-17(8-10-18)23-15(2)26/h3-13H,1-2H3,(H,22,25)(H,23,26)(H,24,27). The molecule has 0 radical (unpaired) electrons. The summed E-state index contributed by atoms with van der Waals surface area (Å²) in [5.41, 5.74) is 3.84. The lowest BCUT2D eigenvalue weighted by molar-refractivity contribution is -0.114. The molecule has 1 heterocycles. The summed E-state index contributed by atoms with van der Waals surface area (Å²) in [7, 11) is 0.